The maximum absolute atomic E-state index is 5.55. The SMILES string of the molecule is CCOCC1CCN(c2ccnc3cc(Br)cnc23)CC1. The van der Waals surface area contributed by atoms with E-state index in [9.17, 15) is 0 Å². The summed E-state index contributed by atoms with van der Waals surface area (Å²) in [5.74, 6) is 0.691. The van der Waals surface area contributed by atoms with E-state index < -0.39 is 0 Å². The van der Waals surface area contributed by atoms with Gasteiger partial charge in [-0.15, -0.1) is 0 Å². The molecule has 3 heterocycles. The molecule has 1 saturated heterocycles. The third kappa shape index (κ3) is 3.35. The second-order valence-corrected chi connectivity index (χ2v) is 6.36. The molecule has 0 aromatic carbocycles. The summed E-state index contributed by atoms with van der Waals surface area (Å²) < 4.78 is 6.52. The lowest BCUT2D eigenvalue weighted by atomic mass is 9.97. The number of hydrogen-bond acceptors (Lipinski definition) is 4. The molecule has 0 amide bonds. The third-order valence-corrected chi connectivity index (χ3v) is 4.47. The molecule has 0 N–H and O–H groups in total. The second kappa shape index (κ2) is 6.71. The average Bonchev–Trinajstić information content (AvgIpc) is 2.52. The Morgan fingerprint density at radius 3 is 2.90 bits per heavy atom. The molecule has 0 spiro atoms. The molecule has 0 unspecified atom stereocenters. The van der Waals surface area contributed by atoms with Gasteiger partial charge in [0.05, 0.1) is 11.2 Å². The average molecular weight is 350 g/mol. The van der Waals surface area contributed by atoms with Crippen molar-refractivity contribution in [2.45, 2.75) is 19.8 Å². The van der Waals surface area contributed by atoms with Crippen molar-refractivity contribution < 1.29 is 4.74 Å². The van der Waals surface area contributed by atoms with Crippen LogP contribution < -0.4 is 4.90 Å². The Balaban J connectivity index is 1.76. The van der Waals surface area contributed by atoms with Gasteiger partial charge in [0, 0.05) is 43.2 Å². The fourth-order valence-corrected chi connectivity index (χ4v) is 3.19. The lowest BCUT2D eigenvalue weighted by Gasteiger charge is -2.33. The quantitative estimate of drug-likeness (QED) is 0.844. The maximum atomic E-state index is 5.55. The zero-order chi connectivity index (χ0) is 14.7. The number of aromatic nitrogens is 2. The largest absolute Gasteiger partial charge is 0.381 e. The number of nitrogens with zero attached hydrogens (tertiary/aromatic N) is 3. The lowest BCUT2D eigenvalue weighted by Crippen LogP contribution is -2.35. The van der Waals surface area contributed by atoms with Crippen molar-refractivity contribution in [2.75, 3.05) is 31.2 Å². The summed E-state index contributed by atoms with van der Waals surface area (Å²) in [6, 6.07) is 4.10. The molecular weight excluding hydrogens is 330 g/mol. The zero-order valence-electron chi connectivity index (χ0n) is 12.3. The van der Waals surface area contributed by atoms with E-state index in [-0.39, 0.29) is 0 Å². The molecule has 0 atom stereocenters. The van der Waals surface area contributed by atoms with E-state index in [2.05, 4.69) is 43.8 Å². The third-order valence-electron chi connectivity index (χ3n) is 4.04. The molecule has 112 valence electrons. The van der Waals surface area contributed by atoms with E-state index in [0.717, 1.165) is 41.8 Å². The van der Waals surface area contributed by atoms with Gasteiger partial charge < -0.3 is 9.64 Å². The van der Waals surface area contributed by atoms with Crippen LogP contribution in [0.1, 0.15) is 19.8 Å². The van der Waals surface area contributed by atoms with Crippen LogP contribution in [0.3, 0.4) is 0 Å². The minimum Gasteiger partial charge on any atom is -0.381 e. The highest BCUT2D eigenvalue weighted by Gasteiger charge is 2.21. The molecule has 4 nitrogen and oxygen atoms in total. The number of halogens is 1. The van der Waals surface area contributed by atoms with Crippen LogP contribution in [-0.2, 0) is 4.74 Å². The van der Waals surface area contributed by atoms with E-state index in [0.29, 0.717) is 5.92 Å². The van der Waals surface area contributed by atoms with Crippen LogP contribution in [0.25, 0.3) is 11.0 Å². The van der Waals surface area contributed by atoms with Crippen LogP contribution in [0.4, 0.5) is 5.69 Å². The summed E-state index contributed by atoms with van der Waals surface area (Å²) in [6.07, 6.45) is 6.08. The first-order valence-electron chi connectivity index (χ1n) is 7.51. The molecule has 3 rings (SSSR count). The smallest absolute Gasteiger partial charge is 0.112 e. The van der Waals surface area contributed by atoms with E-state index in [1.54, 1.807) is 0 Å². The summed E-state index contributed by atoms with van der Waals surface area (Å²) in [5.41, 5.74) is 3.13. The standard InChI is InChI=1S/C16H20BrN3O/c1-2-21-11-12-4-7-20(8-5-12)15-3-6-18-14-9-13(17)10-19-16(14)15/h3,6,9-10,12H,2,4-5,7-8,11H2,1H3. The number of rotatable bonds is 4. The van der Waals surface area contributed by atoms with Crippen LogP contribution >= 0.6 is 15.9 Å². The van der Waals surface area contributed by atoms with Gasteiger partial charge in [0.25, 0.3) is 0 Å². The van der Waals surface area contributed by atoms with Gasteiger partial charge >= 0.3 is 0 Å². The zero-order valence-corrected chi connectivity index (χ0v) is 13.8. The van der Waals surface area contributed by atoms with Crippen LogP contribution in [0.2, 0.25) is 0 Å². The van der Waals surface area contributed by atoms with Gasteiger partial charge in [-0.2, -0.15) is 0 Å². The Kier molecular flexibility index (Phi) is 4.70. The molecule has 1 aliphatic rings. The van der Waals surface area contributed by atoms with Crippen molar-refractivity contribution in [1.82, 2.24) is 9.97 Å². The predicted octanol–water partition coefficient (Wildman–Crippen LogP) is 3.65. The number of anilines is 1. The Morgan fingerprint density at radius 1 is 1.33 bits per heavy atom. The van der Waals surface area contributed by atoms with Gasteiger partial charge in [0.1, 0.15) is 5.52 Å². The maximum Gasteiger partial charge on any atom is 0.112 e. The molecule has 0 saturated carbocycles. The fourth-order valence-electron chi connectivity index (χ4n) is 2.87. The number of hydrogen-bond donors (Lipinski definition) is 0. The van der Waals surface area contributed by atoms with Crippen molar-refractivity contribution in [3.8, 4) is 0 Å². The van der Waals surface area contributed by atoms with E-state index >= 15 is 0 Å². The summed E-state index contributed by atoms with van der Waals surface area (Å²) in [7, 11) is 0. The molecular formula is C16H20BrN3O. The number of ether oxygens (including phenoxy) is 1. The first kappa shape index (κ1) is 14.7. The molecule has 0 bridgehead atoms. The Bertz CT molecular complexity index is 611. The molecule has 0 aliphatic carbocycles. The van der Waals surface area contributed by atoms with Crippen molar-refractivity contribution in [3.05, 3.63) is 29.0 Å². The normalized spacial score (nSPS) is 16.6. The highest BCUT2D eigenvalue weighted by molar-refractivity contribution is 9.10. The van der Waals surface area contributed by atoms with E-state index in [1.807, 2.05) is 18.5 Å². The fraction of sp³-hybridized carbons (Fsp3) is 0.500. The van der Waals surface area contributed by atoms with Crippen LogP contribution in [-0.4, -0.2) is 36.3 Å². The Morgan fingerprint density at radius 2 is 2.14 bits per heavy atom. The number of piperidine rings is 1. The molecule has 0 radical (unpaired) electrons. The minimum atomic E-state index is 0.691. The van der Waals surface area contributed by atoms with E-state index in [4.69, 9.17) is 4.74 Å². The van der Waals surface area contributed by atoms with E-state index in [1.165, 1.54) is 18.5 Å². The molecule has 1 aliphatic heterocycles. The monoisotopic (exact) mass is 349 g/mol. The van der Waals surface area contributed by atoms with Crippen LogP contribution in [0, 0.1) is 5.92 Å². The van der Waals surface area contributed by atoms with Crippen molar-refractivity contribution in [2.24, 2.45) is 5.92 Å². The lowest BCUT2D eigenvalue weighted by molar-refractivity contribution is 0.100. The molecule has 2 aromatic heterocycles. The summed E-state index contributed by atoms with van der Waals surface area (Å²) in [6.45, 7) is 5.89. The van der Waals surface area contributed by atoms with Gasteiger partial charge in [-0.1, -0.05) is 0 Å². The molecule has 21 heavy (non-hydrogen) atoms. The van der Waals surface area contributed by atoms with Crippen LogP contribution in [0.15, 0.2) is 29.0 Å². The van der Waals surface area contributed by atoms with Gasteiger partial charge in [-0.25, -0.2) is 0 Å². The van der Waals surface area contributed by atoms with Crippen molar-refractivity contribution in [3.63, 3.8) is 0 Å². The number of fused-ring (bicyclic) bond motifs is 1. The molecule has 5 heteroatoms. The first-order chi connectivity index (χ1) is 10.3. The Labute approximate surface area is 133 Å². The highest BCUT2D eigenvalue weighted by Crippen LogP contribution is 2.29. The first-order valence-corrected chi connectivity index (χ1v) is 8.30. The summed E-state index contributed by atoms with van der Waals surface area (Å²) in [5, 5.41) is 0. The highest BCUT2D eigenvalue weighted by atomic mass is 79.9. The minimum absolute atomic E-state index is 0.691. The van der Waals surface area contributed by atoms with Gasteiger partial charge in [-0.3, -0.25) is 9.97 Å². The predicted molar refractivity (Wildman–Crippen MR) is 88.7 cm³/mol. The molecule has 1 fully saturated rings. The number of pyridine rings is 2. The second-order valence-electron chi connectivity index (χ2n) is 5.44. The Hall–Kier alpha value is -1.20. The van der Waals surface area contributed by atoms with Gasteiger partial charge in [-0.05, 0) is 53.7 Å². The molecule has 2 aromatic rings. The van der Waals surface area contributed by atoms with Gasteiger partial charge in [0.2, 0.25) is 0 Å². The topological polar surface area (TPSA) is 38.2 Å². The summed E-state index contributed by atoms with van der Waals surface area (Å²) >= 11 is 3.45. The van der Waals surface area contributed by atoms with Crippen molar-refractivity contribution in [1.29, 1.82) is 0 Å². The summed E-state index contributed by atoms with van der Waals surface area (Å²) in [4.78, 5) is 11.4. The van der Waals surface area contributed by atoms with Crippen LogP contribution in [0.5, 0.6) is 0 Å². The van der Waals surface area contributed by atoms with Gasteiger partial charge in [0.15, 0.2) is 0 Å². The van der Waals surface area contributed by atoms with Crippen molar-refractivity contribution >= 4 is 32.7 Å².